The highest BCUT2D eigenvalue weighted by molar-refractivity contribution is 5.36. The molecule has 3 saturated carbocycles. The Hall–Kier alpha value is -1.56. The maximum absolute atomic E-state index is 13.7. The van der Waals surface area contributed by atoms with Crippen molar-refractivity contribution in [3.8, 4) is 11.8 Å². The number of benzene rings is 1. The first kappa shape index (κ1) is 18.2. The Morgan fingerprint density at radius 3 is 2.32 bits per heavy atom. The SMILES string of the molecule is CCCCCCC12CCC(COc3ccc(C#N)c(F)c3)(CC1)CC2. The third-order valence-electron chi connectivity index (χ3n) is 6.72. The van der Waals surface area contributed by atoms with E-state index in [0.717, 1.165) is 0 Å². The van der Waals surface area contributed by atoms with Gasteiger partial charge in [0.15, 0.2) is 0 Å². The summed E-state index contributed by atoms with van der Waals surface area (Å²) in [5.41, 5.74) is 0.972. The smallest absolute Gasteiger partial charge is 0.144 e. The van der Waals surface area contributed by atoms with E-state index in [2.05, 4.69) is 6.92 Å². The second-order valence-corrected chi connectivity index (χ2v) is 8.35. The lowest BCUT2D eigenvalue weighted by atomic mass is 9.53. The predicted octanol–water partition coefficient (Wildman–Crippen LogP) is 6.39. The maximum atomic E-state index is 13.7. The van der Waals surface area contributed by atoms with Gasteiger partial charge >= 0.3 is 0 Å². The zero-order chi connectivity index (χ0) is 17.8. The molecule has 0 N–H and O–H groups in total. The summed E-state index contributed by atoms with van der Waals surface area (Å²) in [6, 6.07) is 6.41. The molecule has 0 atom stereocenters. The van der Waals surface area contributed by atoms with Crippen LogP contribution >= 0.6 is 0 Å². The van der Waals surface area contributed by atoms with Crippen LogP contribution in [0.4, 0.5) is 4.39 Å². The van der Waals surface area contributed by atoms with Gasteiger partial charge in [0.2, 0.25) is 0 Å². The highest BCUT2D eigenvalue weighted by atomic mass is 19.1. The maximum Gasteiger partial charge on any atom is 0.144 e. The predicted molar refractivity (Wildman–Crippen MR) is 97.9 cm³/mol. The monoisotopic (exact) mass is 343 g/mol. The summed E-state index contributed by atoms with van der Waals surface area (Å²) < 4.78 is 19.7. The first-order valence-corrected chi connectivity index (χ1v) is 9.93. The number of unbranched alkanes of at least 4 members (excludes halogenated alkanes) is 3. The van der Waals surface area contributed by atoms with E-state index in [1.807, 2.05) is 6.07 Å². The van der Waals surface area contributed by atoms with Crippen LogP contribution < -0.4 is 4.74 Å². The fourth-order valence-electron chi connectivity index (χ4n) is 4.77. The number of ether oxygens (including phenoxy) is 1. The van der Waals surface area contributed by atoms with Crippen molar-refractivity contribution in [3.05, 3.63) is 29.6 Å². The molecule has 0 saturated heterocycles. The largest absolute Gasteiger partial charge is 0.493 e. The molecule has 3 aliphatic rings. The Morgan fingerprint density at radius 1 is 1.04 bits per heavy atom. The van der Waals surface area contributed by atoms with Crippen LogP contribution in [0.2, 0.25) is 0 Å². The van der Waals surface area contributed by atoms with Crippen LogP contribution in [-0.2, 0) is 0 Å². The summed E-state index contributed by atoms with van der Waals surface area (Å²) >= 11 is 0. The van der Waals surface area contributed by atoms with E-state index in [4.69, 9.17) is 10.00 Å². The number of nitriles is 1. The molecule has 2 bridgehead atoms. The summed E-state index contributed by atoms with van der Waals surface area (Å²) in [7, 11) is 0. The van der Waals surface area contributed by atoms with Gasteiger partial charge in [-0.05, 0) is 62.5 Å². The van der Waals surface area contributed by atoms with Crippen LogP contribution in [0.3, 0.4) is 0 Å². The highest BCUT2D eigenvalue weighted by Gasteiger charge is 2.48. The molecule has 1 aromatic rings. The topological polar surface area (TPSA) is 33.0 Å². The van der Waals surface area contributed by atoms with Gasteiger partial charge in [0, 0.05) is 11.5 Å². The lowest BCUT2D eigenvalue weighted by Gasteiger charge is -2.53. The first-order chi connectivity index (χ1) is 12.1. The summed E-state index contributed by atoms with van der Waals surface area (Å²) in [5, 5.41) is 8.81. The molecule has 1 aromatic carbocycles. The molecule has 0 aliphatic heterocycles. The van der Waals surface area contributed by atoms with Gasteiger partial charge in [-0.25, -0.2) is 4.39 Å². The molecule has 2 nitrogen and oxygen atoms in total. The Bertz CT molecular complexity index is 609. The molecule has 3 heteroatoms. The van der Waals surface area contributed by atoms with Crippen molar-refractivity contribution in [2.75, 3.05) is 6.61 Å². The Kier molecular flexibility index (Phi) is 5.67. The lowest BCUT2D eigenvalue weighted by Crippen LogP contribution is -2.44. The zero-order valence-corrected chi connectivity index (χ0v) is 15.5. The van der Waals surface area contributed by atoms with Crippen molar-refractivity contribution in [1.82, 2.24) is 0 Å². The van der Waals surface area contributed by atoms with Gasteiger partial charge in [0.1, 0.15) is 17.6 Å². The summed E-state index contributed by atoms with van der Waals surface area (Å²) in [4.78, 5) is 0. The van der Waals surface area contributed by atoms with Crippen LogP contribution in [0.15, 0.2) is 18.2 Å². The summed E-state index contributed by atoms with van der Waals surface area (Å²) in [5.74, 6) is 0.0590. The summed E-state index contributed by atoms with van der Waals surface area (Å²) in [6.45, 7) is 2.96. The van der Waals surface area contributed by atoms with Crippen molar-refractivity contribution < 1.29 is 9.13 Å². The lowest BCUT2D eigenvalue weighted by molar-refractivity contribution is -0.0410. The molecule has 0 aromatic heterocycles. The standard InChI is InChI=1S/C22H30FNO/c1-2-3-4-5-8-21-9-12-22(13-10-21,14-11-21)17-25-19-7-6-18(16-24)20(23)15-19/h6-7,15H,2-5,8-14,17H2,1H3. The van der Waals surface area contributed by atoms with Gasteiger partial charge in [-0.1, -0.05) is 32.6 Å². The van der Waals surface area contributed by atoms with Crippen LogP contribution in [0.25, 0.3) is 0 Å². The second-order valence-electron chi connectivity index (χ2n) is 8.35. The minimum Gasteiger partial charge on any atom is -0.493 e. The van der Waals surface area contributed by atoms with Gasteiger partial charge in [-0.2, -0.15) is 5.26 Å². The van der Waals surface area contributed by atoms with E-state index in [0.29, 0.717) is 17.8 Å². The number of halogens is 1. The summed E-state index contributed by atoms with van der Waals surface area (Å²) in [6.07, 6.45) is 14.6. The molecule has 3 aliphatic carbocycles. The van der Waals surface area contributed by atoms with Gasteiger partial charge in [0.05, 0.1) is 12.2 Å². The van der Waals surface area contributed by atoms with Crippen molar-refractivity contribution in [3.63, 3.8) is 0 Å². The van der Waals surface area contributed by atoms with Crippen molar-refractivity contribution in [2.24, 2.45) is 10.8 Å². The number of fused-ring (bicyclic) bond motifs is 3. The Morgan fingerprint density at radius 2 is 1.72 bits per heavy atom. The van der Waals surface area contributed by atoms with Gasteiger partial charge < -0.3 is 4.74 Å². The van der Waals surface area contributed by atoms with E-state index in [1.165, 1.54) is 82.8 Å². The molecule has 0 amide bonds. The number of hydrogen-bond donors (Lipinski definition) is 0. The average Bonchev–Trinajstić information content (AvgIpc) is 2.65. The average molecular weight is 343 g/mol. The zero-order valence-electron chi connectivity index (χ0n) is 15.5. The molecule has 0 spiro atoms. The van der Waals surface area contributed by atoms with Crippen LogP contribution in [-0.4, -0.2) is 6.61 Å². The fraction of sp³-hybridized carbons (Fsp3) is 0.682. The van der Waals surface area contributed by atoms with Crippen LogP contribution in [0.5, 0.6) is 5.75 Å². The minimum atomic E-state index is -0.490. The van der Waals surface area contributed by atoms with E-state index < -0.39 is 5.82 Å². The van der Waals surface area contributed by atoms with Gasteiger partial charge in [0.25, 0.3) is 0 Å². The van der Waals surface area contributed by atoms with Crippen molar-refractivity contribution >= 4 is 0 Å². The van der Waals surface area contributed by atoms with E-state index in [1.54, 1.807) is 6.07 Å². The molecule has 0 unspecified atom stereocenters. The number of nitrogens with zero attached hydrogens (tertiary/aromatic N) is 1. The van der Waals surface area contributed by atoms with Gasteiger partial charge in [-0.3, -0.25) is 0 Å². The second kappa shape index (κ2) is 7.77. The molecule has 0 heterocycles. The third-order valence-corrected chi connectivity index (χ3v) is 6.72. The molecular formula is C22H30FNO. The fourth-order valence-corrected chi connectivity index (χ4v) is 4.77. The molecule has 136 valence electrons. The first-order valence-electron chi connectivity index (χ1n) is 9.93. The van der Waals surface area contributed by atoms with Gasteiger partial charge in [-0.15, -0.1) is 0 Å². The molecule has 3 fully saturated rings. The quantitative estimate of drug-likeness (QED) is 0.513. The Labute approximate surface area is 151 Å². The molecule has 0 radical (unpaired) electrons. The van der Waals surface area contributed by atoms with Crippen LogP contribution in [0.1, 0.15) is 83.1 Å². The number of hydrogen-bond acceptors (Lipinski definition) is 2. The number of rotatable bonds is 8. The minimum absolute atomic E-state index is 0.0775. The highest BCUT2D eigenvalue weighted by Crippen LogP contribution is 2.58. The van der Waals surface area contributed by atoms with E-state index in [9.17, 15) is 4.39 Å². The van der Waals surface area contributed by atoms with E-state index >= 15 is 0 Å². The van der Waals surface area contributed by atoms with Crippen LogP contribution in [0, 0.1) is 28.0 Å². The molecule has 25 heavy (non-hydrogen) atoms. The normalized spacial score (nSPS) is 27.9. The third kappa shape index (κ3) is 4.17. The van der Waals surface area contributed by atoms with Crippen molar-refractivity contribution in [2.45, 2.75) is 77.6 Å². The van der Waals surface area contributed by atoms with E-state index in [-0.39, 0.29) is 11.0 Å². The molecular weight excluding hydrogens is 313 g/mol. The Balaban J connectivity index is 1.51. The van der Waals surface area contributed by atoms with Crippen molar-refractivity contribution in [1.29, 1.82) is 5.26 Å². The molecule has 4 rings (SSSR count).